The topological polar surface area (TPSA) is 55.6 Å². The predicted octanol–water partition coefficient (Wildman–Crippen LogP) is 2.07. The van der Waals surface area contributed by atoms with E-state index in [1.54, 1.807) is 19.2 Å². The van der Waals surface area contributed by atoms with Crippen LogP contribution in [0.2, 0.25) is 10.0 Å². The van der Waals surface area contributed by atoms with Gasteiger partial charge in [-0.1, -0.05) is 23.2 Å². The van der Waals surface area contributed by atoms with Gasteiger partial charge < -0.3 is 15.4 Å². The summed E-state index contributed by atoms with van der Waals surface area (Å²) < 4.78 is 5.58. The Bertz CT molecular complexity index is 465. The highest BCUT2D eigenvalue weighted by molar-refractivity contribution is 6.43. The number of benzene rings is 1. The van der Waals surface area contributed by atoms with Gasteiger partial charge in [-0.2, -0.15) is 0 Å². The predicted molar refractivity (Wildman–Crippen MR) is 68.0 cm³/mol. The molecule has 0 aromatic heterocycles. The Morgan fingerprint density at radius 2 is 2.18 bits per heavy atom. The number of amides is 1. The van der Waals surface area contributed by atoms with Crippen LogP contribution in [0.3, 0.4) is 0 Å². The van der Waals surface area contributed by atoms with Gasteiger partial charge in [0.05, 0.1) is 10.7 Å². The van der Waals surface area contributed by atoms with Gasteiger partial charge in [0, 0.05) is 13.5 Å². The first kappa shape index (κ1) is 12.5. The molecular weight excluding hydrogens is 263 g/mol. The van der Waals surface area contributed by atoms with E-state index < -0.39 is 6.10 Å². The zero-order valence-electron chi connectivity index (χ0n) is 9.24. The molecule has 1 aliphatic heterocycles. The SMILES string of the molecule is CN1C(=O)C(CCN)Oc2c1ccc(Cl)c2Cl. The molecule has 0 aliphatic carbocycles. The average Bonchev–Trinajstić information content (AvgIpc) is 2.31. The van der Waals surface area contributed by atoms with Crippen molar-refractivity contribution in [1.82, 2.24) is 0 Å². The molecule has 17 heavy (non-hydrogen) atoms. The number of likely N-dealkylation sites (N-methyl/N-ethyl adjacent to an activating group) is 1. The van der Waals surface area contributed by atoms with Crippen molar-refractivity contribution in [2.24, 2.45) is 5.73 Å². The lowest BCUT2D eigenvalue weighted by molar-refractivity contribution is -0.126. The lowest BCUT2D eigenvalue weighted by atomic mass is 10.1. The van der Waals surface area contributed by atoms with E-state index in [4.69, 9.17) is 33.7 Å². The number of anilines is 1. The molecule has 0 saturated heterocycles. The van der Waals surface area contributed by atoms with Gasteiger partial charge in [0.25, 0.3) is 5.91 Å². The van der Waals surface area contributed by atoms with Crippen LogP contribution in [0.4, 0.5) is 5.69 Å². The number of nitrogens with two attached hydrogens (primary N) is 1. The number of ether oxygens (including phenoxy) is 1. The van der Waals surface area contributed by atoms with Crippen LogP contribution in [0.1, 0.15) is 6.42 Å². The number of hydrogen-bond acceptors (Lipinski definition) is 3. The fourth-order valence-electron chi connectivity index (χ4n) is 1.76. The van der Waals surface area contributed by atoms with Crippen LogP contribution in [-0.2, 0) is 4.79 Å². The van der Waals surface area contributed by atoms with Crippen LogP contribution < -0.4 is 15.4 Å². The van der Waals surface area contributed by atoms with Crippen LogP contribution >= 0.6 is 23.2 Å². The summed E-state index contributed by atoms with van der Waals surface area (Å²) in [6.45, 7) is 0.373. The van der Waals surface area contributed by atoms with Gasteiger partial charge in [-0.15, -0.1) is 0 Å². The third-order valence-corrected chi connectivity index (χ3v) is 3.47. The minimum absolute atomic E-state index is 0.124. The fourth-order valence-corrected chi connectivity index (χ4v) is 2.11. The molecule has 1 heterocycles. The zero-order valence-corrected chi connectivity index (χ0v) is 10.8. The minimum atomic E-state index is -0.589. The molecule has 0 spiro atoms. The maximum atomic E-state index is 11.9. The van der Waals surface area contributed by atoms with Gasteiger partial charge in [0.1, 0.15) is 5.02 Å². The van der Waals surface area contributed by atoms with E-state index in [-0.39, 0.29) is 5.91 Å². The molecule has 1 atom stereocenters. The number of rotatable bonds is 2. The summed E-state index contributed by atoms with van der Waals surface area (Å²) in [7, 11) is 1.68. The Morgan fingerprint density at radius 3 is 2.82 bits per heavy atom. The first-order chi connectivity index (χ1) is 8.06. The lowest BCUT2D eigenvalue weighted by Crippen LogP contribution is -2.44. The summed E-state index contributed by atoms with van der Waals surface area (Å²) >= 11 is 12.0. The summed E-state index contributed by atoms with van der Waals surface area (Å²) in [5.74, 6) is 0.320. The molecule has 0 fully saturated rings. The lowest BCUT2D eigenvalue weighted by Gasteiger charge is -2.32. The zero-order chi connectivity index (χ0) is 12.6. The Morgan fingerprint density at radius 1 is 1.47 bits per heavy atom. The first-order valence-corrected chi connectivity index (χ1v) is 5.94. The van der Waals surface area contributed by atoms with Crippen LogP contribution in [0, 0.1) is 0 Å². The number of halogens is 2. The Balaban J connectivity index is 2.46. The molecule has 0 bridgehead atoms. The largest absolute Gasteiger partial charge is 0.477 e. The fraction of sp³-hybridized carbons (Fsp3) is 0.364. The first-order valence-electron chi connectivity index (χ1n) is 5.18. The third kappa shape index (κ3) is 2.08. The van der Waals surface area contributed by atoms with E-state index in [2.05, 4.69) is 0 Å². The summed E-state index contributed by atoms with van der Waals surface area (Å²) in [6.07, 6.45) is -0.140. The van der Waals surface area contributed by atoms with E-state index in [0.29, 0.717) is 34.4 Å². The van der Waals surface area contributed by atoms with E-state index in [9.17, 15) is 4.79 Å². The number of fused-ring (bicyclic) bond motifs is 1. The molecule has 1 unspecified atom stereocenters. The van der Waals surface area contributed by atoms with Crippen molar-refractivity contribution < 1.29 is 9.53 Å². The van der Waals surface area contributed by atoms with Crippen molar-refractivity contribution in [3.05, 3.63) is 22.2 Å². The number of carbonyl (C=O) groups is 1. The maximum absolute atomic E-state index is 11.9. The minimum Gasteiger partial charge on any atom is -0.477 e. The molecular formula is C11H12Cl2N2O2. The van der Waals surface area contributed by atoms with Crippen molar-refractivity contribution in [1.29, 1.82) is 0 Å². The molecule has 6 heteroatoms. The molecule has 1 aromatic rings. The standard InChI is InChI=1S/C11H12Cl2N2O2/c1-15-7-3-2-6(12)9(13)10(7)17-8(4-5-14)11(15)16/h2-3,8H,4-5,14H2,1H3. The van der Waals surface area contributed by atoms with Crippen LogP contribution in [-0.4, -0.2) is 25.6 Å². The highest BCUT2D eigenvalue weighted by atomic mass is 35.5. The summed E-state index contributed by atoms with van der Waals surface area (Å²) in [5, 5.41) is 0.727. The molecule has 1 aromatic carbocycles. The molecule has 4 nitrogen and oxygen atoms in total. The molecule has 0 radical (unpaired) electrons. The highest BCUT2D eigenvalue weighted by Crippen LogP contribution is 2.43. The highest BCUT2D eigenvalue weighted by Gasteiger charge is 2.33. The third-order valence-electron chi connectivity index (χ3n) is 2.69. The van der Waals surface area contributed by atoms with E-state index in [0.717, 1.165) is 0 Å². The summed E-state index contributed by atoms with van der Waals surface area (Å²) in [5.41, 5.74) is 6.07. The van der Waals surface area contributed by atoms with Crippen LogP contribution in [0.25, 0.3) is 0 Å². The van der Waals surface area contributed by atoms with Gasteiger partial charge in [-0.05, 0) is 18.7 Å². The monoisotopic (exact) mass is 274 g/mol. The maximum Gasteiger partial charge on any atom is 0.267 e. The molecule has 2 N–H and O–H groups in total. The van der Waals surface area contributed by atoms with E-state index >= 15 is 0 Å². The number of carbonyl (C=O) groups excluding carboxylic acids is 1. The van der Waals surface area contributed by atoms with Crippen molar-refractivity contribution >= 4 is 34.8 Å². The van der Waals surface area contributed by atoms with Crippen molar-refractivity contribution in [2.75, 3.05) is 18.5 Å². The molecule has 2 rings (SSSR count). The quantitative estimate of drug-likeness (QED) is 0.898. The van der Waals surface area contributed by atoms with E-state index in [1.165, 1.54) is 4.90 Å². The van der Waals surface area contributed by atoms with Gasteiger partial charge >= 0.3 is 0 Å². The average molecular weight is 275 g/mol. The summed E-state index contributed by atoms with van der Waals surface area (Å²) in [6, 6.07) is 3.35. The molecule has 1 amide bonds. The second-order valence-electron chi connectivity index (χ2n) is 3.79. The second-order valence-corrected chi connectivity index (χ2v) is 4.58. The van der Waals surface area contributed by atoms with Crippen molar-refractivity contribution in [2.45, 2.75) is 12.5 Å². The Kier molecular flexibility index (Phi) is 3.47. The van der Waals surface area contributed by atoms with Crippen molar-refractivity contribution in [3.63, 3.8) is 0 Å². The van der Waals surface area contributed by atoms with Crippen LogP contribution in [0.15, 0.2) is 12.1 Å². The Hall–Kier alpha value is -0.970. The van der Waals surface area contributed by atoms with Gasteiger partial charge in [-0.25, -0.2) is 0 Å². The smallest absolute Gasteiger partial charge is 0.267 e. The molecule has 92 valence electrons. The van der Waals surface area contributed by atoms with Gasteiger partial charge in [-0.3, -0.25) is 4.79 Å². The van der Waals surface area contributed by atoms with Gasteiger partial charge in [0.15, 0.2) is 11.9 Å². The van der Waals surface area contributed by atoms with Crippen LogP contribution in [0.5, 0.6) is 5.75 Å². The number of hydrogen-bond donors (Lipinski definition) is 1. The molecule has 0 saturated carbocycles. The van der Waals surface area contributed by atoms with Crippen molar-refractivity contribution in [3.8, 4) is 5.75 Å². The normalized spacial score (nSPS) is 18.9. The second kappa shape index (κ2) is 4.72. The molecule has 1 aliphatic rings. The van der Waals surface area contributed by atoms with Gasteiger partial charge in [0.2, 0.25) is 0 Å². The van der Waals surface area contributed by atoms with E-state index in [1.807, 2.05) is 0 Å². The summed E-state index contributed by atoms with van der Waals surface area (Å²) in [4.78, 5) is 13.5. The Labute approximate surface area is 109 Å². The number of nitrogens with zero attached hydrogens (tertiary/aromatic N) is 1.